The van der Waals surface area contributed by atoms with E-state index in [2.05, 4.69) is 5.32 Å². The van der Waals surface area contributed by atoms with E-state index in [0.717, 1.165) is 0 Å². The molecule has 1 saturated heterocycles. The third-order valence-corrected chi connectivity index (χ3v) is 6.23. The van der Waals surface area contributed by atoms with Crippen LogP contribution in [0, 0.1) is 10.1 Å². The van der Waals surface area contributed by atoms with Gasteiger partial charge >= 0.3 is 0 Å². The van der Waals surface area contributed by atoms with Crippen molar-refractivity contribution in [2.24, 2.45) is 0 Å². The average molecular weight is 395 g/mol. The van der Waals surface area contributed by atoms with Gasteiger partial charge in [-0.2, -0.15) is 0 Å². The minimum atomic E-state index is -3.08. The predicted molar refractivity (Wildman–Crippen MR) is 101 cm³/mol. The molecule has 26 heavy (non-hydrogen) atoms. The van der Waals surface area contributed by atoms with E-state index < -0.39 is 14.8 Å². The highest BCUT2D eigenvalue weighted by Crippen LogP contribution is 2.22. The minimum Gasteiger partial charge on any atom is -0.467 e. The first-order chi connectivity index (χ1) is 12.3. The van der Waals surface area contributed by atoms with Crippen LogP contribution in [0.4, 0.5) is 11.4 Å². The van der Waals surface area contributed by atoms with Crippen LogP contribution in [-0.4, -0.2) is 40.9 Å². The summed E-state index contributed by atoms with van der Waals surface area (Å²) in [6.45, 7) is 0.339. The molecule has 2 aromatic rings. The number of rotatable bonds is 5. The molecule has 0 unspecified atom stereocenters. The Bertz CT molecular complexity index is 894. The smallest absolute Gasteiger partial charge is 0.269 e. The van der Waals surface area contributed by atoms with Crippen molar-refractivity contribution in [3.8, 4) is 0 Å². The summed E-state index contributed by atoms with van der Waals surface area (Å²) >= 11 is 5.47. The number of thiocarbonyl (C=S) groups is 1. The SMILES string of the molecule is O=[N+]([O-])c1ccc(NC(=S)N(Cc2ccco2)[C@H]2CCS(=O)(=O)C2)cc1. The molecule has 1 N–H and O–H groups in total. The van der Waals surface area contributed by atoms with Crippen LogP contribution in [0.1, 0.15) is 12.2 Å². The van der Waals surface area contributed by atoms with Crippen LogP contribution in [0.25, 0.3) is 0 Å². The largest absolute Gasteiger partial charge is 0.467 e. The third kappa shape index (κ3) is 4.38. The molecule has 1 fully saturated rings. The Hall–Kier alpha value is -2.46. The number of non-ortho nitro benzene ring substituents is 1. The van der Waals surface area contributed by atoms with Gasteiger partial charge < -0.3 is 14.6 Å². The second-order valence-corrected chi connectivity index (χ2v) is 8.61. The number of nitro groups is 1. The molecule has 0 radical (unpaired) electrons. The molecule has 0 amide bonds. The van der Waals surface area contributed by atoms with Crippen molar-refractivity contribution >= 4 is 38.5 Å². The lowest BCUT2D eigenvalue weighted by Crippen LogP contribution is -2.42. The summed E-state index contributed by atoms with van der Waals surface area (Å²) in [4.78, 5) is 12.1. The van der Waals surface area contributed by atoms with E-state index in [1.54, 1.807) is 35.4 Å². The Morgan fingerprint density at radius 2 is 2.08 bits per heavy atom. The highest BCUT2D eigenvalue weighted by Gasteiger charge is 2.34. The molecule has 1 atom stereocenters. The Balaban J connectivity index is 1.76. The number of hydrogen-bond acceptors (Lipinski definition) is 6. The average Bonchev–Trinajstić information content (AvgIpc) is 3.22. The van der Waals surface area contributed by atoms with Crippen LogP contribution >= 0.6 is 12.2 Å². The minimum absolute atomic E-state index is 0.0178. The molecule has 0 saturated carbocycles. The van der Waals surface area contributed by atoms with Crippen LogP contribution < -0.4 is 5.32 Å². The zero-order chi connectivity index (χ0) is 18.7. The molecule has 138 valence electrons. The fourth-order valence-electron chi connectivity index (χ4n) is 2.82. The molecule has 0 spiro atoms. The lowest BCUT2D eigenvalue weighted by atomic mass is 10.2. The predicted octanol–water partition coefficient (Wildman–Crippen LogP) is 2.57. The van der Waals surface area contributed by atoms with Crippen LogP contribution in [-0.2, 0) is 16.4 Å². The van der Waals surface area contributed by atoms with Crippen molar-refractivity contribution < 1.29 is 17.8 Å². The van der Waals surface area contributed by atoms with E-state index in [-0.39, 0.29) is 23.2 Å². The summed E-state index contributed by atoms with van der Waals surface area (Å²) in [6.07, 6.45) is 2.04. The van der Waals surface area contributed by atoms with Crippen molar-refractivity contribution in [2.75, 3.05) is 16.8 Å². The molecular formula is C16H17N3O5S2. The first-order valence-corrected chi connectivity index (χ1v) is 10.1. The molecule has 1 aromatic heterocycles. The number of benzene rings is 1. The molecule has 2 heterocycles. The standard InChI is InChI=1S/C16H17N3O5S2/c20-19(21)13-5-3-12(4-6-13)17-16(25)18(10-15-2-1-8-24-15)14-7-9-26(22,23)11-14/h1-6,8,14H,7,9-11H2,(H,17,25)/t14-/m0/s1. The summed E-state index contributed by atoms with van der Waals surface area (Å²) in [6, 6.07) is 9.17. The van der Waals surface area contributed by atoms with Gasteiger partial charge in [-0.25, -0.2) is 8.42 Å². The van der Waals surface area contributed by atoms with Gasteiger partial charge in [0.25, 0.3) is 5.69 Å². The summed E-state index contributed by atoms with van der Waals surface area (Å²) < 4.78 is 29.1. The van der Waals surface area contributed by atoms with Gasteiger partial charge in [-0.05, 0) is 42.9 Å². The summed E-state index contributed by atoms with van der Waals surface area (Å²) in [5.41, 5.74) is 0.571. The quantitative estimate of drug-likeness (QED) is 0.468. The number of furan rings is 1. The topological polar surface area (TPSA) is 106 Å². The maximum atomic E-state index is 11.9. The van der Waals surface area contributed by atoms with Gasteiger partial charge in [0, 0.05) is 23.9 Å². The van der Waals surface area contributed by atoms with E-state index in [1.807, 2.05) is 0 Å². The van der Waals surface area contributed by atoms with Gasteiger partial charge in [0.2, 0.25) is 0 Å². The fourth-order valence-corrected chi connectivity index (χ4v) is 4.88. The van der Waals surface area contributed by atoms with Gasteiger partial charge in [0.05, 0.1) is 29.2 Å². The molecular weight excluding hydrogens is 378 g/mol. The number of nitrogens with one attached hydrogen (secondary N) is 1. The normalized spacial score (nSPS) is 18.4. The first kappa shape index (κ1) is 18.3. The fraction of sp³-hybridized carbons (Fsp3) is 0.312. The van der Waals surface area contributed by atoms with Gasteiger partial charge in [0.15, 0.2) is 14.9 Å². The summed E-state index contributed by atoms with van der Waals surface area (Å²) in [7, 11) is -3.08. The molecule has 1 aliphatic rings. The zero-order valence-corrected chi connectivity index (χ0v) is 15.3. The van der Waals surface area contributed by atoms with Crippen LogP contribution in [0.15, 0.2) is 47.1 Å². The van der Waals surface area contributed by atoms with Crippen LogP contribution in [0.2, 0.25) is 0 Å². The number of anilines is 1. The highest BCUT2D eigenvalue weighted by molar-refractivity contribution is 7.91. The van der Waals surface area contributed by atoms with E-state index in [9.17, 15) is 18.5 Å². The lowest BCUT2D eigenvalue weighted by Gasteiger charge is -2.30. The number of nitrogens with zero attached hydrogens (tertiary/aromatic N) is 2. The Morgan fingerprint density at radius 1 is 1.35 bits per heavy atom. The summed E-state index contributed by atoms with van der Waals surface area (Å²) in [5, 5.41) is 14.1. The van der Waals surface area contributed by atoms with E-state index in [0.29, 0.717) is 29.5 Å². The van der Waals surface area contributed by atoms with Crippen molar-refractivity contribution in [1.82, 2.24) is 4.90 Å². The second-order valence-electron chi connectivity index (χ2n) is 6.00. The monoisotopic (exact) mass is 395 g/mol. The van der Waals surface area contributed by atoms with Gasteiger partial charge in [0.1, 0.15) is 5.76 Å². The Kier molecular flexibility index (Phi) is 5.23. The molecule has 8 nitrogen and oxygen atoms in total. The van der Waals surface area contributed by atoms with Gasteiger partial charge in [-0.1, -0.05) is 0 Å². The van der Waals surface area contributed by atoms with Crippen LogP contribution in [0.5, 0.6) is 0 Å². The maximum absolute atomic E-state index is 11.9. The number of sulfone groups is 1. The van der Waals surface area contributed by atoms with Crippen molar-refractivity contribution in [3.63, 3.8) is 0 Å². The lowest BCUT2D eigenvalue weighted by molar-refractivity contribution is -0.384. The van der Waals surface area contributed by atoms with Crippen LogP contribution in [0.3, 0.4) is 0 Å². The molecule has 0 aliphatic carbocycles. The second kappa shape index (κ2) is 7.42. The van der Waals surface area contributed by atoms with Gasteiger partial charge in [-0.15, -0.1) is 0 Å². The van der Waals surface area contributed by atoms with E-state index >= 15 is 0 Å². The molecule has 0 bridgehead atoms. The third-order valence-electron chi connectivity index (χ3n) is 4.15. The molecule has 3 rings (SSSR count). The summed E-state index contributed by atoms with van der Waals surface area (Å²) in [5.74, 6) is 0.838. The van der Waals surface area contributed by atoms with Crippen molar-refractivity contribution in [2.45, 2.75) is 19.0 Å². The van der Waals surface area contributed by atoms with E-state index in [1.165, 1.54) is 12.1 Å². The zero-order valence-electron chi connectivity index (χ0n) is 13.7. The first-order valence-electron chi connectivity index (χ1n) is 7.89. The van der Waals surface area contributed by atoms with Crippen molar-refractivity contribution in [3.05, 3.63) is 58.5 Å². The Morgan fingerprint density at radius 3 is 2.62 bits per heavy atom. The Labute approximate surface area is 155 Å². The molecule has 1 aromatic carbocycles. The maximum Gasteiger partial charge on any atom is 0.269 e. The number of nitro benzene ring substituents is 1. The molecule has 10 heteroatoms. The van der Waals surface area contributed by atoms with Crippen molar-refractivity contribution in [1.29, 1.82) is 0 Å². The van der Waals surface area contributed by atoms with E-state index in [4.69, 9.17) is 16.6 Å². The number of hydrogen-bond donors (Lipinski definition) is 1. The molecule has 1 aliphatic heterocycles. The highest BCUT2D eigenvalue weighted by atomic mass is 32.2. The van der Waals surface area contributed by atoms with Gasteiger partial charge in [-0.3, -0.25) is 10.1 Å².